The number of nitrogens with one attached hydrogen (secondary N) is 1. The number of carbonyl (C=O) groups excluding carboxylic acids is 1. The van der Waals surface area contributed by atoms with Gasteiger partial charge in [0.05, 0.1) is 6.54 Å². The summed E-state index contributed by atoms with van der Waals surface area (Å²) in [4.78, 5) is 27.7. The van der Waals surface area contributed by atoms with Crippen LogP contribution in [0.2, 0.25) is 0 Å². The van der Waals surface area contributed by atoms with Crippen molar-refractivity contribution in [2.75, 3.05) is 33.3 Å². The zero-order valence-electron chi connectivity index (χ0n) is 18.9. The fraction of sp³-hybridized carbons (Fsp3) is 0.500. The van der Waals surface area contributed by atoms with Crippen LogP contribution in [0.15, 0.2) is 41.3 Å². The van der Waals surface area contributed by atoms with Crippen LogP contribution >= 0.6 is 12.4 Å². The molecule has 0 saturated carbocycles. The van der Waals surface area contributed by atoms with Gasteiger partial charge in [-0.1, -0.05) is 26.0 Å². The number of aromatic nitrogens is 1. The Balaban J connectivity index is 0.00000341. The van der Waals surface area contributed by atoms with Crippen molar-refractivity contribution in [3.05, 3.63) is 63.6 Å². The maximum atomic E-state index is 13.1. The van der Waals surface area contributed by atoms with E-state index in [1.165, 1.54) is 5.56 Å². The fourth-order valence-corrected chi connectivity index (χ4v) is 3.82. The van der Waals surface area contributed by atoms with Gasteiger partial charge in [0.25, 0.3) is 11.5 Å². The van der Waals surface area contributed by atoms with Gasteiger partial charge in [-0.15, -0.1) is 12.4 Å². The Kier molecular flexibility index (Phi) is 9.14. The molecule has 0 radical (unpaired) electrons. The van der Waals surface area contributed by atoms with Gasteiger partial charge in [0.1, 0.15) is 17.9 Å². The molecule has 2 heterocycles. The van der Waals surface area contributed by atoms with E-state index in [-0.39, 0.29) is 35.5 Å². The van der Waals surface area contributed by atoms with Crippen LogP contribution in [0.25, 0.3) is 0 Å². The van der Waals surface area contributed by atoms with E-state index in [2.05, 4.69) is 31.3 Å². The quantitative estimate of drug-likeness (QED) is 0.701. The van der Waals surface area contributed by atoms with E-state index in [0.717, 1.165) is 31.7 Å². The molecular weight excluding hydrogens is 414 g/mol. The number of amides is 1. The smallest absolute Gasteiger partial charge is 0.263 e. The number of nitrogens with zero attached hydrogens (tertiary/aromatic N) is 2. The molecule has 1 saturated heterocycles. The first-order valence-corrected chi connectivity index (χ1v) is 10.8. The first-order valence-electron chi connectivity index (χ1n) is 10.8. The number of benzene rings is 1. The lowest BCUT2D eigenvalue weighted by atomic mass is 10.0. The second kappa shape index (κ2) is 11.3. The minimum atomic E-state index is -0.250. The molecule has 6 nitrogen and oxygen atoms in total. The maximum absolute atomic E-state index is 13.1. The molecule has 0 unspecified atom stereocenters. The lowest BCUT2D eigenvalue weighted by Gasteiger charge is -2.26. The average Bonchev–Trinajstić information content (AvgIpc) is 2.74. The van der Waals surface area contributed by atoms with Crippen LogP contribution in [-0.2, 0) is 0 Å². The molecule has 1 aromatic heterocycles. The first kappa shape index (κ1) is 25.0. The number of halogens is 1. The Morgan fingerprint density at radius 1 is 1.19 bits per heavy atom. The van der Waals surface area contributed by atoms with E-state index in [1.54, 1.807) is 16.5 Å². The predicted octanol–water partition coefficient (Wildman–Crippen LogP) is 3.78. The van der Waals surface area contributed by atoms with Gasteiger partial charge in [-0.2, -0.15) is 0 Å². The van der Waals surface area contributed by atoms with Crippen molar-refractivity contribution >= 4 is 18.3 Å². The molecule has 1 aliphatic heterocycles. The monoisotopic (exact) mass is 447 g/mol. The third-order valence-corrected chi connectivity index (χ3v) is 5.83. The van der Waals surface area contributed by atoms with Gasteiger partial charge < -0.3 is 19.5 Å². The molecule has 0 atom stereocenters. The summed E-state index contributed by atoms with van der Waals surface area (Å²) in [6.45, 7) is 8.70. The second-order valence-corrected chi connectivity index (χ2v) is 8.37. The molecule has 31 heavy (non-hydrogen) atoms. The van der Waals surface area contributed by atoms with Gasteiger partial charge in [0.2, 0.25) is 0 Å². The zero-order chi connectivity index (χ0) is 21.7. The molecule has 7 heteroatoms. The van der Waals surface area contributed by atoms with Crippen LogP contribution in [0.4, 0.5) is 0 Å². The first-order chi connectivity index (χ1) is 14.4. The molecule has 0 spiro atoms. The molecule has 0 aliphatic carbocycles. The van der Waals surface area contributed by atoms with Crippen LogP contribution in [0.3, 0.4) is 0 Å². The molecular formula is C24H34ClN3O3. The molecule has 1 aliphatic rings. The largest absolute Gasteiger partial charge is 0.492 e. The zero-order valence-corrected chi connectivity index (χ0v) is 19.7. The highest BCUT2D eigenvalue weighted by Crippen LogP contribution is 2.19. The van der Waals surface area contributed by atoms with E-state index in [1.807, 2.05) is 31.3 Å². The normalized spacial score (nSPS) is 14.2. The second-order valence-electron chi connectivity index (χ2n) is 8.37. The summed E-state index contributed by atoms with van der Waals surface area (Å²) >= 11 is 0. The SMILES string of the molecule is Cc1ccn(C2CCNCC2)c(=O)c1C(=O)N(C)CCOc1ccc(C(C)C)cc1.Cl. The third-order valence-electron chi connectivity index (χ3n) is 5.83. The molecule has 170 valence electrons. The van der Waals surface area contributed by atoms with Crippen molar-refractivity contribution in [3.63, 3.8) is 0 Å². The van der Waals surface area contributed by atoms with Crippen molar-refractivity contribution in [1.29, 1.82) is 0 Å². The average molecular weight is 448 g/mol. The molecule has 1 aromatic carbocycles. The van der Waals surface area contributed by atoms with E-state index >= 15 is 0 Å². The Morgan fingerprint density at radius 3 is 2.45 bits per heavy atom. The number of hydrogen-bond donors (Lipinski definition) is 1. The highest BCUT2D eigenvalue weighted by atomic mass is 35.5. The van der Waals surface area contributed by atoms with Gasteiger partial charge in [-0.25, -0.2) is 0 Å². The summed E-state index contributed by atoms with van der Waals surface area (Å²) in [5, 5.41) is 3.31. The van der Waals surface area contributed by atoms with Crippen molar-refractivity contribution < 1.29 is 9.53 Å². The van der Waals surface area contributed by atoms with Crippen LogP contribution in [0.1, 0.15) is 60.1 Å². The highest BCUT2D eigenvalue weighted by molar-refractivity contribution is 5.95. The predicted molar refractivity (Wildman–Crippen MR) is 127 cm³/mol. The standard InChI is InChI=1S/C24H33N3O3.ClH/c1-17(2)19-5-7-21(8-6-19)30-16-15-26(4)23(28)22-18(3)11-14-27(24(22)29)20-9-12-25-13-10-20;/h5-8,11,14,17,20,25H,9-10,12-13,15-16H2,1-4H3;1H. The number of hydrogen-bond acceptors (Lipinski definition) is 4. The van der Waals surface area contributed by atoms with E-state index in [4.69, 9.17) is 4.74 Å². The summed E-state index contributed by atoms with van der Waals surface area (Å²) in [7, 11) is 1.72. The van der Waals surface area contributed by atoms with Gasteiger partial charge in [-0.3, -0.25) is 9.59 Å². The van der Waals surface area contributed by atoms with Gasteiger partial charge in [0.15, 0.2) is 0 Å². The minimum Gasteiger partial charge on any atom is -0.492 e. The molecule has 3 rings (SSSR count). The summed E-state index contributed by atoms with van der Waals surface area (Å²) in [6, 6.07) is 10.0. The number of likely N-dealkylation sites (N-methyl/N-ethyl adjacent to an activating group) is 1. The van der Waals surface area contributed by atoms with Crippen LogP contribution < -0.4 is 15.6 Å². The van der Waals surface area contributed by atoms with Gasteiger partial charge in [0, 0.05) is 19.3 Å². The number of ether oxygens (including phenoxy) is 1. The summed E-state index contributed by atoms with van der Waals surface area (Å²) in [5.74, 6) is 1.01. The molecule has 0 bridgehead atoms. The number of rotatable bonds is 7. The van der Waals surface area contributed by atoms with Gasteiger partial charge in [-0.05, 0) is 68.1 Å². The number of carbonyl (C=O) groups is 1. The Labute approximate surface area is 191 Å². The van der Waals surface area contributed by atoms with Crippen molar-refractivity contribution in [2.45, 2.75) is 45.6 Å². The van der Waals surface area contributed by atoms with Crippen molar-refractivity contribution in [1.82, 2.24) is 14.8 Å². The molecule has 1 N–H and O–H groups in total. The van der Waals surface area contributed by atoms with E-state index in [9.17, 15) is 9.59 Å². The number of piperidine rings is 1. The topological polar surface area (TPSA) is 63.6 Å². The lowest BCUT2D eigenvalue weighted by Crippen LogP contribution is -2.40. The van der Waals surface area contributed by atoms with Crippen molar-refractivity contribution in [2.24, 2.45) is 0 Å². The lowest BCUT2D eigenvalue weighted by molar-refractivity contribution is 0.0770. The maximum Gasteiger partial charge on any atom is 0.263 e. The third kappa shape index (κ3) is 6.11. The van der Waals surface area contributed by atoms with Crippen molar-refractivity contribution in [3.8, 4) is 5.75 Å². The van der Waals surface area contributed by atoms with Gasteiger partial charge >= 0.3 is 0 Å². The minimum absolute atomic E-state index is 0. The fourth-order valence-electron chi connectivity index (χ4n) is 3.82. The van der Waals surface area contributed by atoms with Crippen LogP contribution in [0, 0.1) is 6.92 Å². The molecule has 1 amide bonds. The van der Waals surface area contributed by atoms with Crippen LogP contribution in [0.5, 0.6) is 5.75 Å². The van der Waals surface area contributed by atoms with Crippen LogP contribution in [-0.4, -0.2) is 48.7 Å². The Hall–Kier alpha value is -2.31. The molecule has 1 fully saturated rings. The summed E-state index contributed by atoms with van der Waals surface area (Å²) in [5.41, 5.74) is 2.05. The van der Waals surface area contributed by atoms with E-state index in [0.29, 0.717) is 24.6 Å². The Bertz CT molecular complexity index is 919. The highest BCUT2D eigenvalue weighted by Gasteiger charge is 2.23. The molecule has 2 aromatic rings. The summed E-state index contributed by atoms with van der Waals surface area (Å²) in [6.07, 6.45) is 3.63. The summed E-state index contributed by atoms with van der Waals surface area (Å²) < 4.78 is 7.53. The Morgan fingerprint density at radius 2 is 1.84 bits per heavy atom. The number of aryl methyl sites for hydroxylation is 1. The van der Waals surface area contributed by atoms with E-state index < -0.39 is 0 Å². The number of pyridine rings is 1.